The zero-order valence-corrected chi connectivity index (χ0v) is 35.6. The van der Waals surface area contributed by atoms with Crippen molar-refractivity contribution in [2.45, 2.75) is 49.6 Å². The van der Waals surface area contributed by atoms with Crippen molar-refractivity contribution in [2.75, 3.05) is 0 Å². The summed E-state index contributed by atoms with van der Waals surface area (Å²) in [5.74, 6) is -0.576. The van der Waals surface area contributed by atoms with Crippen LogP contribution in [0.1, 0.15) is 27.7 Å². The molecule has 0 saturated heterocycles. The molecule has 0 bridgehead atoms. The Labute approximate surface area is 357 Å². The number of hydrogen-bond donors (Lipinski definition) is 6. The summed E-state index contributed by atoms with van der Waals surface area (Å²) in [7, 11) is -7.47. The predicted octanol–water partition coefficient (Wildman–Crippen LogP) is 5.71. The fourth-order valence-corrected chi connectivity index (χ4v) is 7.70. The third kappa shape index (κ3) is 11.3. The second kappa shape index (κ2) is 19.6. The van der Waals surface area contributed by atoms with E-state index in [0.29, 0.717) is 10.8 Å². The number of rotatable bonds is 10. The third-order valence-corrected chi connectivity index (χ3v) is 10.9. The van der Waals surface area contributed by atoms with E-state index in [1.807, 2.05) is 36.4 Å². The minimum Gasteiger partial charge on any atom is -0.506 e. The van der Waals surface area contributed by atoms with E-state index in [1.165, 1.54) is 48.5 Å². The first-order chi connectivity index (χ1) is 25.6. The van der Waals surface area contributed by atoms with E-state index in [1.54, 1.807) is 52.0 Å². The predicted molar refractivity (Wildman–Crippen MR) is 207 cm³/mol. The molecule has 6 aromatic carbocycles. The summed E-state index contributed by atoms with van der Waals surface area (Å²) in [5, 5.41) is 59.4. The Bertz CT molecular complexity index is 2450. The number of fused-ring (bicyclic) bond motifs is 2. The van der Waals surface area contributed by atoms with E-state index in [9.17, 15) is 37.3 Å². The van der Waals surface area contributed by atoms with Crippen molar-refractivity contribution < 1.29 is 83.6 Å². The van der Waals surface area contributed by atoms with Gasteiger partial charge in [-0.15, -0.1) is 20.5 Å². The molecule has 0 unspecified atom stereocenters. The number of azo groups is 2. The number of benzene rings is 6. The Kier molecular flexibility index (Phi) is 16.1. The largest absolute Gasteiger partial charge is 1.00 e. The van der Waals surface area contributed by atoms with Crippen LogP contribution >= 0.6 is 0 Å². The van der Waals surface area contributed by atoms with Crippen LogP contribution in [0.3, 0.4) is 0 Å². The van der Waals surface area contributed by atoms with Gasteiger partial charge in [-0.05, 0) is 87.0 Å². The number of phenols is 4. The smallest absolute Gasteiger partial charge is 0.506 e. The summed E-state index contributed by atoms with van der Waals surface area (Å²) >= 11 is 0. The molecule has 18 heteroatoms. The maximum absolute atomic E-state index is 12.3. The van der Waals surface area contributed by atoms with Crippen molar-refractivity contribution in [1.82, 2.24) is 9.44 Å². The van der Waals surface area contributed by atoms with Crippen molar-refractivity contribution in [1.29, 1.82) is 0 Å². The van der Waals surface area contributed by atoms with Gasteiger partial charge in [-0.3, -0.25) is 0 Å². The monoisotopic (exact) mass is 852 g/mol. The maximum Gasteiger partial charge on any atom is 1.00 e. The van der Waals surface area contributed by atoms with E-state index in [4.69, 9.17) is 0 Å². The number of hydrogen-bond acceptors (Lipinski definition) is 12. The molecule has 6 rings (SSSR count). The van der Waals surface area contributed by atoms with Crippen LogP contribution in [0.2, 0.25) is 0 Å². The number of sulfonamides is 2. The quantitative estimate of drug-likeness (QED) is 0.0739. The molecule has 6 N–H and O–H groups in total. The number of nitrogens with zero attached hydrogens (tertiary/aromatic N) is 4. The van der Waals surface area contributed by atoms with Crippen LogP contribution in [0.4, 0.5) is 22.7 Å². The standard InChI is InChI=1S/2C19H19N3O4S.Co.Na/c2*1-12(2)22-27(25,26)14-8-10-17(23)16(11-14)20-21-19-15-6-4-3-5-13(15)7-9-18(19)24;;/h2*3-12,22-24H,1-2H3;;/q;;;+1. The molecule has 0 fully saturated rings. The Morgan fingerprint density at radius 1 is 0.482 bits per heavy atom. The summed E-state index contributed by atoms with van der Waals surface area (Å²) in [6.07, 6.45) is 0. The summed E-state index contributed by atoms with van der Waals surface area (Å²) in [6.45, 7) is 6.84. The van der Waals surface area contributed by atoms with Gasteiger partial charge >= 0.3 is 29.6 Å². The van der Waals surface area contributed by atoms with Crippen molar-refractivity contribution in [2.24, 2.45) is 20.5 Å². The van der Waals surface area contributed by atoms with Crippen LogP contribution in [0.5, 0.6) is 23.0 Å². The Morgan fingerprint density at radius 3 is 1.18 bits per heavy atom. The molecule has 6 aromatic rings. The van der Waals surface area contributed by atoms with Crippen LogP contribution in [0, 0.1) is 0 Å². The SMILES string of the molecule is CC(C)NS(=O)(=O)c1ccc(O)c(N=Nc2c(O)ccc3ccccc23)c1.CC(C)NS(=O)(=O)c1ccc(O)c(N=Nc2c(O)ccc3ccccc23)c1.[Co].[Na+]. The molecule has 0 atom stereocenters. The minimum absolute atomic E-state index is 0. The van der Waals surface area contributed by atoms with Crippen molar-refractivity contribution in [3.63, 3.8) is 0 Å². The second-order valence-corrected chi connectivity index (χ2v) is 16.0. The van der Waals surface area contributed by atoms with Gasteiger partial charge < -0.3 is 20.4 Å². The summed E-state index contributed by atoms with van der Waals surface area (Å²) in [5.41, 5.74) is 0.435. The number of aromatic hydroxyl groups is 4. The van der Waals surface area contributed by atoms with Gasteiger partial charge in [0.25, 0.3) is 0 Å². The van der Waals surface area contributed by atoms with Gasteiger partial charge in [0.05, 0.1) is 9.79 Å². The van der Waals surface area contributed by atoms with E-state index in [0.717, 1.165) is 10.8 Å². The first-order valence-corrected chi connectivity index (χ1v) is 19.5. The zero-order chi connectivity index (χ0) is 39.2. The first-order valence-electron chi connectivity index (χ1n) is 16.5. The van der Waals surface area contributed by atoms with Gasteiger partial charge in [-0.2, -0.15) is 0 Å². The fraction of sp³-hybridized carbons (Fsp3) is 0.158. The summed E-state index contributed by atoms with van der Waals surface area (Å²) in [6, 6.07) is 28.1. The average molecular weight is 853 g/mol. The van der Waals surface area contributed by atoms with Crippen LogP contribution in [0.25, 0.3) is 21.5 Å². The van der Waals surface area contributed by atoms with Gasteiger partial charge in [-0.1, -0.05) is 60.7 Å². The zero-order valence-electron chi connectivity index (χ0n) is 30.9. The van der Waals surface area contributed by atoms with Crippen LogP contribution in [-0.2, 0) is 36.8 Å². The van der Waals surface area contributed by atoms with Crippen molar-refractivity contribution in [3.05, 3.63) is 109 Å². The Morgan fingerprint density at radius 2 is 0.821 bits per heavy atom. The van der Waals surface area contributed by atoms with Crippen LogP contribution < -0.4 is 39.0 Å². The molecule has 56 heavy (non-hydrogen) atoms. The van der Waals surface area contributed by atoms with Gasteiger partial charge in [0, 0.05) is 39.6 Å². The molecule has 14 nitrogen and oxygen atoms in total. The maximum atomic E-state index is 12.3. The number of nitrogens with one attached hydrogen (secondary N) is 2. The molecule has 0 saturated carbocycles. The van der Waals surface area contributed by atoms with E-state index < -0.39 is 20.0 Å². The second-order valence-electron chi connectivity index (χ2n) is 12.6. The van der Waals surface area contributed by atoms with Gasteiger partial charge in [0.15, 0.2) is 0 Å². The Balaban J connectivity index is 0.000000290. The molecule has 289 valence electrons. The fourth-order valence-electron chi connectivity index (χ4n) is 5.16. The summed E-state index contributed by atoms with van der Waals surface area (Å²) < 4.78 is 54.2. The minimum atomic E-state index is -3.74. The molecule has 0 aromatic heterocycles. The molecular formula is C38H38CoN6NaO8S2+. The molecular weight excluding hydrogens is 815 g/mol. The number of phenolic OH excluding ortho intramolecular Hbond substituents is 4. The van der Waals surface area contributed by atoms with E-state index in [2.05, 4.69) is 29.9 Å². The van der Waals surface area contributed by atoms with Gasteiger partial charge in [0.2, 0.25) is 20.0 Å². The van der Waals surface area contributed by atoms with Crippen molar-refractivity contribution in [3.8, 4) is 23.0 Å². The molecule has 0 heterocycles. The molecule has 0 spiro atoms. The van der Waals surface area contributed by atoms with Gasteiger partial charge in [-0.25, -0.2) is 26.3 Å². The van der Waals surface area contributed by atoms with Gasteiger partial charge in [0.1, 0.15) is 45.7 Å². The molecule has 0 amide bonds. The molecule has 1 radical (unpaired) electrons. The van der Waals surface area contributed by atoms with Crippen LogP contribution in [-0.4, -0.2) is 49.3 Å². The molecule has 0 aliphatic heterocycles. The van der Waals surface area contributed by atoms with E-state index in [-0.39, 0.29) is 114 Å². The molecule has 0 aliphatic rings. The molecule has 0 aliphatic carbocycles. The van der Waals surface area contributed by atoms with Crippen LogP contribution in [0.15, 0.2) is 139 Å². The van der Waals surface area contributed by atoms with Crippen molar-refractivity contribution >= 4 is 64.3 Å². The van der Waals surface area contributed by atoms with E-state index >= 15 is 0 Å². The third-order valence-electron chi connectivity index (χ3n) is 7.57. The normalized spacial score (nSPS) is 11.8. The Hall–Kier alpha value is -4.43. The average Bonchev–Trinajstić information content (AvgIpc) is 3.11. The first kappa shape index (κ1) is 46.0. The summed E-state index contributed by atoms with van der Waals surface area (Å²) in [4.78, 5) is -0.0739. The topological polar surface area (TPSA) is 223 Å².